The van der Waals surface area contributed by atoms with Gasteiger partial charge in [-0.3, -0.25) is 4.79 Å². The molecule has 0 aromatic heterocycles. The van der Waals surface area contributed by atoms with Crippen molar-refractivity contribution in [2.45, 2.75) is 19.6 Å². The first-order valence-corrected chi connectivity index (χ1v) is 12.5. The number of ether oxygens (including phenoxy) is 3. The number of carbonyl (C=O) groups is 1. The molecular formula is C30H27BrN2O4. The van der Waals surface area contributed by atoms with E-state index in [4.69, 9.17) is 14.2 Å². The van der Waals surface area contributed by atoms with E-state index in [1.807, 2.05) is 91.0 Å². The number of halogens is 1. The number of nitrogens with one attached hydrogen (secondary N) is 1. The van der Waals surface area contributed by atoms with Crippen molar-refractivity contribution in [1.29, 1.82) is 0 Å². The van der Waals surface area contributed by atoms with Crippen LogP contribution in [0.1, 0.15) is 18.1 Å². The summed E-state index contributed by atoms with van der Waals surface area (Å²) in [6.07, 6.45) is 0.808. The molecule has 4 aromatic carbocycles. The number of hydrazone groups is 1. The molecule has 7 heteroatoms. The standard InChI is InChI=1S/C30H27BrN2O4/c1-21(37-26-15-13-25(14-16-26)24-11-7-4-8-12-24)30(34)33-32-19-23-17-27(31)29(28(18-23)35-2)36-20-22-9-5-3-6-10-22/h3-19,21H,20H2,1-2H3,(H,33,34)/b32-19+. The van der Waals surface area contributed by atoms with Crippen molar-refractivity contribution >= 4 is 28.1 Å². The molecule has 1 N–H and O–H groups in total. The Bertz CT molecular complexity index is 1340. The van der Waals surface area contributed by atoms with Crippen molar-refractivity contribution in [2.75, 3.05) is 7.11 Å². The van der Waals surface area contributed by atoms with Gasteiger partial charge in [0.05, 0.1) is 17.8 Å². The molecule has 0 aliphatic rings. The minimum Gasteiger partial charge on any atom is -0.493 e. The van der Waals surface area contributed by atoms with E-state index in [1.54, 1.807) is 20.1 Å². The molecule has 1 atom stereocenters. The minimum atomic E-state index is -0.727. The molecule has 0 saturated heterocycles. The zero-order valence-corrected chi connectivity index (χ0v) is 22.1. The van der Waals surface area contributed by atoms with E-state index in [0.29, 0.717) is 28.3 Å². The summed E-state index contributed by atoms with van der Waals surface area (Å²) in [5, 5.41) is 4.08. The average Bonchev–Trinajstić information content (AvgIpc) is 2.93. The van der Waals surface area contributed by atoms with Crippen LogP contribution in [0.3, 0.4) is 0 Å². The second kappa shape index (κ2) is 12.7. The van der Waals surface area contributed by atoms with Gasteiger partial charge in [0.15, 0.2) is 17.6 Å². The summed E-state index contributed by atoms with van der Waals surface area (Å²) >= 11 is 3.54. The van der Waals surface area contributed by atoms with Gasteiger partial charge in [0.1, 0.15) is 12.4 Å². The summed E-state index contributed by atoms with van der Waals surface area (Å²) in [5.74, 6) is 1.38. The summed E-state index contributed by atoms with van der Waals surface area (Å²) in [7, 11) is 1.57. The molecule has 0 radical (unpaired) electrons. The Hall–Kier alpha value is -4.10. The predicted octanol–water partition coefficient (Wildman–Crippen LogP) is 6.62. The van der Waals surface area contributed by atoms with Crippen molar-refractivity contribution in [3.05, 3.63) is 113 Å². The van der Waals surface area contributed by atoms with Crippen LogP contribution >= 0.6 is 15.9 Å². The maximum Gasteiger partial charge on any atom is 0.280 e. The van der Waals surface area contributed by atoms with Gasteiger partial charge in [0.25, 0.3) is 5.91 Å². The Kier molecular flexibility index (Phi) is 8.94. The van der Waals surface area contributed by atoms with Gasteiger partial charge in [-0.2, -0.15) is 5.10 Å². The highest BCUT2D eigenvalue weighted by Gasteiger charge is 2.15. The molecule has 0 fully saturated rings. The van der Waals surface area contributed by atoms with E-state index in [9.17, 15) is 4.79 Å². The van der Waals surface area contributed by atoms with Crippen LogP contribution in [0.5, 0.6) is 17.2 Å². The van der Waals surface area contributed by atoms with Crippen LogP contribution in [0, 0.1) is 0 Å². The zero-order chi connectivity index (χ0) is 26.0. The summed E-state index contributed by atoms with van der Waals surface area (Å²) in [6, 6.07) is 31.2. The maximum absolute atomic E-state index is 12.5. The Labute approximate surface area is 225 Å². The van der Waals surface area contributed by atoms with Gasteiger partial charge in [0, 0.05) is 0 Å². The van der Waals surface area contributed by atoms with Crippen LogP contribution in [0.15, 0.2) is 107 Å². The van der Waals surface area contributed by atoms with E-state index < -0.39 is 6.10 Å². The van der Waals surface area contributed by atoms with Crippen LogP contribution in [0.25, 0.3) is 11.1 Å². The smallest absolute Gasteiger partial charge is 0.280 e. The topological polar surface area (TPSA) is 69.2 Å². The average molecular weight is 559 g/mol. The number of hydrogen-bond acceptors (Lipinski definition) is 5. The maximum atomic E-state index is 12.5. The summed E-state index contributed by atoms with van der Waals surface area (Å²) in [5.41, 5.74) is 6.49. The summed E-state index contributed by atoms with van der Waals surface area (Å²) < 4.78 is 17.9. The monoisotopic (exact) mass is 558 g/mol. The lowest BCUT2D eigenvalue weighted by Gasteiger charge is -2.14. The lowest BCUT2D eigenvalue weighted by Crippen LogP contribution is -2.33. The van der Waals surface area contributed by atoms with Crippen LogP contribution in [0.4, 0.5) is 0 Å². The molecule has 0 aliphatic carbocycles. The van der Waals surface area contributed by atoms with E-state index >= 15 is 0 Å². The van der Waals surface area contributed by atoms with E-state index in [0.717, 1.165) is 22.3 Å². The zero-order valence-electron chi connectivity index (χ0n) is 20.6. The first-order chi connectivity index (χ1) is 18.0. The van der Waals surface area contributed by atoms with Gasteiger partial charge in [-0.25, -0.2) is 5.43 Å². The molecule has 0 heterocycles. The number of nitrogens with zero attached hydrogens (tertiary/aromatic N) is 1. The lowest BCUT2D eigenvalue weighted by atomic mass is 10.1. The molecule has 4 aromatic rings. The molecule has 0 aliphatic heterocycles. The van der Waals surface area contributed by atoms with Crippen LogP contribution in [-0.2, 0) is 11.4 Å². The summed E-state index contributed by atoms with van der Waals surface area (Å²) in [4.78, 5) is 12.5. The van der Waals surface area contributed by atoms with Gasteiger partial charge in [0.2, 0.25) is 0 Å². The highest BCUT2D eigenvalue weighted by molar-refractivity contribution is 9.10. The summed E-state index contributed by atoms with van der Waals surface area (Å²) in [6.45, 7) is 2.08. The second-order valence-corrected chi connectivity index (χ2v) is 9.05. The molecule has 188 valence electrons. The molecular weight excluding hydrogens is 532 g/mol. The lowest BCUT2D eigenvalue weighted by molar-refractivity contribution is -0.127. The van der Waals surface area contributed by atoms with Gasteiger partial charge in [-0.05, 0) is 69.4 Å². The molecule has 0 bridgehead atoms. The minimum absolute atomic E-state index is 0.364. The van der Waals surface area contributed by atoms with Gasteiger partial charge < -0.3 is 14.2 Å². The Morgan fingerprint density at radius 3 is 2.27 bits per heavy atom. The van der Waals surface area contributed by atoms with E-state index in [2.05, 4.69) is 26.5 Å². The number of amides is 1. The number of carbonyl (C=O) groups excluding carboxylic acids is 1. The fraction of sp³-hybridized carbons (Fsp3) is 0.133. The van der Waals surface area contributed by atoms with Crippen molar-refractivity contribution < 1.29 is 19.0 Å². The number of methoxy groups -OCH3 is 1. The van der Waals surface area contributed by atoms with Crippen molar-refractivity contribution in [3.63, 3.8) is 0 Å². The highest BCUT2D eigenvalue weighted by Crippen LogP contribution is 2.36. The quantitative estimate of drug-likeness (QED) is 0.175. The normalized spacial score (nSPS) is 11.6. The van der Waals surface area contributed by atoms with Gasteiger partial charge >= 0.3 is 0 Å². The number of benzene rings is 4. The van der Waals surface area contributed by atoms with Crippen LogP contribution < -0.4 is 19.6 Å². The third-order valence-corrected chi connectivity index (χ3v) is 6.10. The molecule has 1 amide bonds. The van der Waals surface area contributed by atoms with E-state index in [1.165, 1.54) is 6.21 Å². The molecule has 6 nitrogen and oxygen atoms in total. The van der Waals surface area contributed by atoms with Crippen molar-refractivity contribution in [1.82, 2.24) is 5.43 Å². The van der Waals surface area contributed by atoms with Crippen LogP contribution in [0.2, 0.25) is 0 Å². The first kappa shape index (κ1) is 26.0. The van der Waals surface area contributed by atoms with Crippen LogP contribution in [-0.4, -0.2) is 25.3 Å². The Balaban J connectivity index is 1.33. The van der Waals surface area contributed by atoms with Crippen molar-refractivity contribution in [2.24, 2.45) is 5.10 Å². The van der Waals surface area contributed by atoms with E-state index in [-0.39, 0.29) is 5.91 Å². The van der Waals surface area contributed by atoms with Gasteiger partial charge in [-0.1, -0.05) is 72.8 Å². The number of hydrogen-bond donors (Lipinski definition) is 1. The first-order valence-electron chi connectivity index (χ1n) is 11.7. The van der Waals surface area contributed by atoms with Gasteiger partial charge in [-0.15, -0.1) is 0 Å². The third-order valence-electron chi connectivity index (χ3n) is 5.51. The molecule has 0 spiro atoms. The largest absolute Gasteiger partial charge is 0.493 e. The highest BCUT2D eigenvalue weighted by atomic mass is 79.9. The predicted molar refractivity (Wildman–Crippen MR) is 149 cm³/mol. The molecule has 0 saturated carbocycles. The Morgan fingerprint density at radius 2 is 1.59 bits per heavy atom. The Morgan fingerprint density at radius 1 is 0.946 bits per heavy atom. The molecule has 37 heavy (non-hydrogen) atoms. The van der Waals surface area contributed by atoms with Crippen molar-refractivity contribution in [3.8, 4) is 28.4 Å². The fourth-order valence-electron chi connectivity index (χ4n) is 3.56. The fourth-order valence-corrected chi connectivity index (χ4v) is 4.13. The molecule has 4 rings (SSSR count). The third kappa shape index (κ3) is 7.21. The second-order valence-electron chi connectivity index (χ2n) is 8.19. The number of rotatable bonds is 10. The molecule has 1 unspecified atom stereocenters. The SMILES string of the molecule is COc1cc(/C=N/NC(=O)C(C)Oc2ccc(-c3ccccc3)cc2)cc(Br)c1OCc1ccccc1.